The lowest BCUT2D eigenvalue weighted by atomic mass is 10.2. The Hall–Kier alpha value is -1.67. The minimum atomic E-state index is -3.89. The van der Waals surface area contributed by atoms with Crippen LogP contribution in [0.15, 0.2) is 23.1 Å². The standard InChI is InChI=1S/C13H19N3O4S/c1-3-14-11-6-7-13(12(8-11)16(17)18)21(19,20)15-9(2)10-4-5-10/h6-10,14-15H,3-5H2,1-2H3. The summed E-state index contributed by atoms with van der Waals surface area (Å²) in [6.07, 6.45) is 1.98. The molecule has 7 nitrogen and oxygen atoms in total. The number of nitrogens with one attached hydrogen (secondary N) is 2. The van der Waals surface area contributed by atoms with Gasteiger partial charge in [0.1, 0.15) is 0 Å². The van der Waals surface area contributed by atoms with E-state index in [4.69, 9.17) is 0 Å². The van der Waals surface area contributed by atoms with Gasteiger partial charge in [0.25, 0.3) is 5.69 Å². The van der Waals surface area contributed by atoms with Crippen molar-refractivity contribution in [1.82, 2.24) is 4.72 Å². The van der Waals surface area contributed by atoms with Crippen molar-refractivity contribution >= 4 is 21.4 Å². The Morgan fingerprint density at radius 2 is 2.10 bits per heavy atom. The number of hydrogen-bond acceptors (Lipinski definition) is 5. The van der Waals surface area contributed by atoms with E-state index in [1.165, 1.54) is 18.2 Å². The first-order chi connectivity index (χ1) is 9.85. The van der Waals surface area contributed by atoms with Crippen LogP contribution in [0.2, 0.25) is 0 Å². The second-order valence-corrected chi connectivity index (χ2v) is 6.90. The maximum Gasteiger partial charge on any atom is 0.291 e. The zero-order valence-corrected chi connectivity index (χ0v) is 12.8. The molecule has 21 heavy (non-hydrogen) atoms. The van der Waals surface area contributed by atoms with E-state index < -0.39 is 20.6 Å². The molecule has 0 aliphatic heterocycles. The van der Waals surface area contributed by atoms with Crippen LogP contribution in [-0.4, -0.2) is 25.9 Å². The van der Waals surface area contributed by atoms with Gasteiger partial charge in [-0.15, -0.1) is 0 Å². The van der Waals surface area contributed by atoms with Gasteiger partial charge in [-0.2, -0.15) is 0 Å². The molecule has 0 amide bonds. The summed E-state index contributed by atoms with van der Waals surface area (Å²) < 4.78 is 27.2. The lowest BCUT2D eigenvalue weighted by molar-refractivity contribution is -0.387. The number of benzene rings is 1. The van der Waals surface area contributed by atoms with E-state index in [2.05, 4.69) is 10.0 Å². The van der Waals surface area contributed by atoms with Crippen LogP contribution in [-0.2, 0) is 10.0 Å². The van der Waals surface area contributed by atoms with E-state index in [1.807, 2.05) is 6.92 Å². The van der Waals surface area contributed by atoms with E-state index in [9.17, 15) is 18.5 Å². The van der Waals surface area contributed by atoms with Crippen LogP contribution in [0.1, 0.15) is 26.7 Å². The molecule has 0 bridgehead atoms. The molecular weight excluding hydrogens is 294 g/mol. The number of nitrogens with zero attached hydrogens (tertiary/aromatic N) is 1. The first kappa shape index (κ1) is 15.7. The Balaban J connectivity index is 2.34. The van der Waals surface area contributed by atoms with Crippen molar-refractivity contribution in [3.05, 3.63) is 28.3 Å². The van der Waals surface area contributed by atoms with Gasteiger partial charge in [-0.25, -0.2) is 13.1 Å². The van der Waals surface area contributed by atoms with Gasteiger partial charge in [0.15, 0.2) is 4.90 Å². The smallest absolute Gasteiger partial charge is 0.291 e. The van der Waals surface area contributed by atoms with E-state index in [-0.39, 0.29) is 10.9 Å². The lowest BCUT2D eigenvalue weighted by Gasteiger charge is -2.14. The molecule has 1 fully saturated rings. The van der Waals surface area contributed by atoms with Gasteiger partial charge >= 0.3 is 0 Å². The molecule has 0 radical (unpaired) electrons. The summed E-state index contributed by atoms with van der Waals surface area (Å²) in [5.41, 5.74) is 0.113. The molecule has 1 unspecified atom stereocenters. The molecule has 116 valence electrons. The fourth-order valence-corrected chi connectivity index (χ4v) is 3.67. The number of rotatable bonds is 7. The second-order valence-electron chi connectivity index (χ2n) is 5.22. The Bertz CT molecular complexity index is 641. The highest BCUT2D eigenvalue weighted by Gasteiger charge is 2.33. The van der Waals surface area contributed by atoms with Crippen LogP contribution in [0.25, 0.3) is 0 Å². The molecule has 0 saturated heterocycles. The van der Waals surface area contributed by atoms with Crippen LogP contribution in [0.5, 0.6) is 0 Å². The maximum absolute atomic E-state index is 12.3. The Kier molecular flexibility index (Phi) is 4.48. The van der Waals surface area contributed by atoms with Gasteiger partial charge in [0.2, 0.25) is 10.0 Å². The third-order valence-corrected chi connectivity index (χ3v) is 5.10. The summed E-state index contributed by atoms with van der Waals surface area (Å²) in [7, 11) is -3.89. The summed E-state index contributed by atoms with van der Waals surface area (Å²) in [6.45, 7) is 4.24. The maximum atomic E-state index is 12.3. The highest BCUT2D eigenvalue weighted by molar-refractivity contribution is 7.89. The van der Waals surface area contributed by atoms with E-state index in [0.717, 1.165) is 12.8 Å². The number of anilines is 1. The monoisotopic (exact) mass is 313 g/mol. The second kappa shape index (κ2) is 5.98. The summed E-state index contributed by atoms with van der Waals surface area (Å²) in [5, 5.41) is 14.1. The minimum Gasteiger partial charge on any atom is -0.385 e. The summed E-state index contributed by atoms with van der Waals surface area (Å²) in [6, 6.07) is 3.85. The predicted octanol–water partition coefficient (Wildman–Crippen LogP) is 2.10. The minimum absolute atomic E-state index is 0.206. The summed E-state index contributed by atoms with van der Waals surface area (Å²) >= 11 is 0. The largest absolute Gasteiger partial charge is 0.385 e. The highest BCUT2D eigenvalue weighted by atomic mass is 32.2. The van der Waals surface area contributed by atoms with Crippen LogP contribution < -0.4 is 10.0 Å². The van der Waals surface area contributed by atoms with Crippen LogP contribution >= 0.6 is 0 Å². The van der Waals surface area contributed by atoms with Crippen LogP contribution in [0.4, 0.5) is 11.4 Å². The molecule has 0 aromatic heterocycles. The average molecular weight is 313 g/mol. The number of sulfonamides is 1. The molecule has 8 heteroatoms. The van der Waals surface area contributed by atoms with Gasteiger partial charge in [-0.05, 0) is 44.7 Å². The van der Waals surface area contributed by atoms with Gasteiger partial charge in [-0.3, -0.25) is 10.1 Å². The molecular formula is C13H19N3O4S. The van der Waals surface area contributed by atoms with E-state index in [0.29, 0.717) is 18.2 Å². The van der Waals surface area contributed by atoms with Crippen molar-refractivity contribution in [3.63, 3.8) is 0 Å². The molecule has 2 N–H and O–H groups in total. The van der Waals surface area contributed by atoms with Gasteiger partial charge in [0, 0.05) is 24.3 Å². The Morgan fingerprint density at radius 3 is 2.62 bits per heavy atom. The number of hydrogen-bond donors (Lipinski definition) is 2. The zero-order chi connectivity index (χ0) is 15.6. The third-order valence-electron chi connectivity index (χ3n) is 3.50. The number of nitro groups is 1. The van der Waals surface area contributed by atoms with Gasteiger partial charge in [-0.1, -0.05) is 0 Å². The zero-order valence-electron chi connectivity index (χ0n) is 12.0. The summed E-state index contributed by atoms with van der Waals surface area (Å²) in [4.78, 5) is 10.2. The summed E-state index contributed by atoms with van der Waals surface area (Å²) in [5.74, 6) is 0.333. The van der Waals surface area contributed by atoms with Gasteiger partial charge in [0.05, 0.1) is 4.92 Å². The SMILES string of the molecule is CCNc1ccc(S(=O)(=O)NC(C)C2CC2)c([N+](=O)[O-])c1. The fraction of sp³-hybridized carbons (Fsp3) is 0.538. The van der Waals surface area contributed by atoms with Crippen LogP contribution in [0, 0.1) is 16.0 Å². The molecule has 1 aromatic carbocycles. The number of nitro benzene ring substituents is 1. The van der Waals surface area contributed by atoms with E-state index >= 15 is 0 Å². The van der Waals surface area contributed by atoms with Crippen molar-refractivity contribution in [1.29, 1.82) is 0 Å². The topological polar surface area (TPSA) is 101 Å². The molecule has 0 heterocycles. The van der Waals surface area contributed by atoms with Gasteiger partial charge < -0.3 is 5.32 Å². The van der Waals surface area contributed by atoms with Crippen molar-refractivity contribution in [2.45, 2.75) is 37.6 Å². The third kappa shape index (κ3) is 3.70. The normalized spacial score (nSPS) is 16.5. The lowest BCUT2D eigenvalue weighted by Crippen LogP contribution is -2.34. The molecule has 1 aliphatic rings. The molecule has 2 rings (SSSR count). The van der Waals surface area contributed by atoms with Crippen molar-refractivity contribution in [3.8, 4) is 0 Å². The average Bonchev–Trinajstić information content (AvgIpc) is 3.22. The van der Waals surface area contributed by atoms with Crippen molar-refractivity contribution in [2.24, 2.45) is 5.92 Å². The fourth-order valence-electron chi connectivity index (χ4n) is 2.20. The Morgan fingerprint density at radius 1 is 1.43 bits per heavy atom. The molecule has 1 atom stereocenters. The van der Waals surface area contributed by atoms with E-state index in [1.54, 1.807) is 6.92 Å². The quantitative estimate of drug-likeness (QED) is 0.593. The van der Waals surface area contributed by atoms with Crippen molar-refractivity contribution in [2.75, 3.05) is 11.9 Å². The molecule has 1 saturated carbocycles. The predicted molar refractivity (Wildman–Crippen MR) is 79.8 cm³/mol. The van der Waals surface area contributed by atoms with Crippen molar-refractivity contribution < 1.29 is 13.3 Å². The molecule has 1 aliphatic carbocycles. The molecule has 1 aromatic rings. The first-order valence-electron chi connectivity index (χ1n) is 6.89. The van der Waals surface area contributed by atoms with Crippen LogP contribution in [0.3, 0.4) is 0 Å². The Labute approximate surface area is 123 Å². The molecule has 0 spiro atoms. The first-order valence-corrected chi connectivity index (χ1v) is 8.38. The highest BCUT2D eigenvalue weighted by Crippen LogP contribution is 2.34.